The van der Waals surface area contributed by atoms with Gasteiger partial charge in [-0.25, -0.2) is 0 Å². The molecular formula is C23H44O5. The molecule has 1 aliphatic rings. The third-order valence-corrected chi connectivity index (χ3v) is 5.45. The zero-order chi connectivity index (χ0) is 20.3. The first kappa shape index (κ1) is 25.4. The summed E-state index contributed by atoms with van der Waals surface area (Å²) in [5.41, 5.74) is 0. The van der Waals surface area contributed by atoms with Crippen LogP contribution in [0.3, 0.4) is 0 Å². The summed E-state index contributed by atoms with van der Waals surface area (Å²) in [5, 5.41) is 9.52. The van der Waals surface area contributed by atoms with Gasteiger partial charge in [-0.3, -0.25) is 4.79 Å². The normalized spacial score (nSPS) is 19.2. The molecule has 1 fully saturated rings. The lowest BCUT2D eigenvalue weighted by atomic mass is 10.0. The van der Waals surface area contributed by atoms with Crippen molar-refractivity contribution >= 4 is 5.97 Å². The molecule has 2 atom stereocenters. The predicted octanol–water partition coefficient (Wildman–Crippen LogP) is 5.87. The van der Waals surface area contributed by atoms with Crippen molar-refractivity contribution in [2.75, 3.05) is 13.4 Å². The first-order valence-corrected chi connectivity index (χ1v) is 11.8. The summed E-state index contributed by atoms with van der Waals surface area (Å²) in [7, 11) is 0. The Balaban J connectivity index is 1.74. The van der Waals surface area contributed by atoms with Gasteiger partial charge in [0.05, 0.1) is 6.61 Å². The van der Waals surface area contributed by atoms with Crippen molar-refractivity contribution in [3.63, 3.8) is 0 Å². The maximum atomic E-state index is 11.6. The number of esters is 1. The summed E-state index contributed by atoms with van der Waals surface area (Å²) in [4.78, 5) is 11.6. The van der Waals surface area contributed by atoms with E-state index in [1.54, 1.807) is 0 Å². The lowest BCUT2D eigenvalue weighted by Crippen LogP contribution is -2.26. The fourth-order valence-corrected chi connectivity index (χ4v) is 3.59. The van der Waals surface area contributed by atoms with Crippen LogP contribution in [0.15, 0.2) is 0 Å². The number of hydrogen-bond acceptors (Lipinski definition) is 5. The van der Waals surface area contributed by atoms with Crippen LogP contribution in [-0.4, -0.2) is 36.9 Å². The highest BCUT2D eigenvalue weighted by atomic mass is 16.8. The van der Waals surface area contributed by atoms with E-state index in [9.17, 15) is 9.90 Å². The van der Waals surface area contributed by atoms with Gasteiger partial charge in [-0.05, 0) is 6.42 Å². The minimum Gasteiger partial charge on any atom is -0.438 e. The lowest BCUT2D eigenvalue weighted by molar-refractivity contribution is -0.204. The van der Waals surface area contributed by atoms with Gasteiger partial charge in [0.25, 0.3) is 0 Å². The summed E-state index contributed by atoms with van der Waals surface area (Å²) in [6.07, 6.45) is 19.4. The molecule has 5 nitrogen and oxygen atoms in total. The number of rotatable bonds is 19. The van der Waals surface area contributed by atoms with Gasteiger partial charge in [0.1, 0.15) is 6.10 Å². The van der Waals surface area contributed by atoms with E-state index in [0.29, 0.717) is 19.4 Å². The molecule has 0 aromatic rings. The zero-order valence-corrected chi connectivity index (χ0v) is 18.2. The lowest BCUT2D eigenvalue weighted by Gasteiger charge is -2.14. The van der Waals surface area contributed by atoms with Crippen molar-refractivity contribution < 1.29 is 24.1 Å². The molecule has 28 heavy (non-hydrogen) atoms. The Bertz CT molecular complexity index is 361. The van der Waals surface area contributed by atoms with E-state index < -0.39 is 12.4 Å². The Hall–Kier alpha value is -0.650. The van der Waals surface area contributed by atoms with Crippen molar-refractivity contribution in [3.8, 4) is 0 Å². The van der Waals surface area contributed by atoms with Crippen LogP contribution >= 0.6 is 0 Å². The molecule has 1 heterocycles. The predicted molar refractivity (Wildman–Crippen MR) is 112 cm³/mol. The van der Waals surface area contributed by atoms with Crippen LogP contribution < -0.4 is 0 Å². The molecule has 1 aliphatic heterocycles. The summed E-state index contributed by atoms with van der Waals surface area (Å²) in [6, 6.07) is 0. The Kier molecular flexibility index (Phi) is 16.7. The van der Waals surface area contributed by atoms with Gasteiger partial charge in [0.15, 0.2) is 13.1 Å². The van der Waals surface area contributed by atoms with Crippen molar-refractivity contribution in [1.82, 2.24) is 0 Å². The van der Waals surface area contributed by atoms with Crippen LogP contribution in [0.25, 0.3) is 0 Å². The largest absolute Gasteiger partial charge is 0.438 e. The van der Waals surface area contributed by atoms with Gasteiger partial charge in [0, 0.05) is 12.8 Å². The Morgan fingerprint density at radius 3 is 1.82 bits per heavy atom. The fourth-order valence-electron chi connectivity index (χ4n) is 3.59. The van der Waals surface area contributed by atoms with Crippen molar-refractivity contribution in [2.45, 2.75) is 128 Å². The van der Waals surface area contributed by atoms with Gasteiger partial charge in [-0.2, -0.15) is 0 Å². The fraction of sp³-hybridized carbons (Fsp3) is 0.957. The van der Waals surface area contributed by atoms with Crippen LogP contribution in [0.5, 0.6) is 0 Å². The molecule has 0 aliphatic carbocycles. The highest BCUT2D eigenvalue weighted by Crippen LogP contribution is 2.15. The molecule has 0 aromatic heterocycles. The molecule has 1 saturated heterocycles. The number of aliphatic hydroxyl groups excluding tert-OH is 1. The molecule has 0 bridgehead atoms. The summed E-state index contributed by atoms with van der Waals surface area (Å²) in [6.45, 7) is 2.61. The Labute approximate surface area is 172 Å². The molecule has 0 amide bonds. The minimum absolute atomic E-state index is 0.140. The number of carbonyl (C=O) groups excluding carboxylic acids is 1. The standard InChI is InChI=1S/C23H44O5/c1-2-3-4-5-6-7-8-9-10-11-12-13-14-15-16-17-22(25)27-20-28-23-21(24)18-19-26-23/h21,23-24H,2-20H2,1H3. The molecule has 0 spiro atoms. The van der Waals surface area contributed by atoms with Gasteiger partial charge < -0.3 is 19.3 Å². The molecule has 2 unspecified atom stereocenters. The minimum atomic E-state index is -0.654. The Morgan fingerprint density at radius 2 is 1.36 bits per heavy atom. The average Bonchev–Trinajstić information content (AvgIpc) is 3.10. The maximum absolute atomic E-state index is 11.6. The smallest absolute Gasteiger partial charge is 0.307 e. The van der Waals surface area contributed by atoms with Crippen LogP contribution in [0.4, 0.5) is 0 Å². The van der Waals surface area contributed by atoms with Gasteiger partial charge in [0.2, 0.25) is 0 Å². The molecule has 5 heteroatoms. The second kappa shape index (κ2) is 18.4. The first-order chi connectivity index (χ1) is 13.7. The molecule has 0 aromatic carbocycles. The van der Waals surface area contributed by atoms with Crippen molar-refractivity contribution in [1.29, 1.82) is 0 Å². The summed E-state index contributed by atoms with van der Waals surface area (Å²) < 4.78 is 15.4. The molecule has 0 radical (unpaired) electrons. The number of carbonyl (C=O) groups is 1. The van der Waals surface area contributed by atoms with Crippen LogP contribution in [-0.2, 0) is 19.0 Å². The number of aliphatic hydroxyl groups is 1. The average molecular weight is 401 g/mol. The monoisotopic (exact) mass is 400 g/mol. The SMILES string of the molecule is CCCCCCCCCCCCCCCCCC(=O)OCOC1OCCC1O. The topological polar surface area (TPSA) is 65.0 Å². The van der Waals surface area contributed by atoms with E-state index in [-0.39, 0.29) is 12.8 Å². The highest BCUT2D eigenvalue weighted by Gasteiger charge is 2.27. The zero-order valence-electron chi connectivity index (χ0n) is 18.2. The molecule has 0 saturated carbocycles. The van der Waals surface area contributed by atoms with Crippen LogP contribution in [0.2, 0.25) is 0 Å². The second-order valence-electron chi connectivity index (χ2n) is 8.10. The van der Waals surface area contributed by atoms with E-state index in [1.165, 1.54) is 83.5 Å². The number of hydrogen-bond donors (Lipinski definition) is 1. The second-order valence-corrected chi connectivity index (χ2v) is 8.10. The molecule has 1 rings (SSSR count). The number of unbranched alkanes of at least 4 members (excludes halogenated alkanes) is 14. The van der Waals surface area contributed by atoms with E-state index in [2.05, 4.69) is 6.92 Å². The molecule has 166 valence electrons. The third kappa shape index (κ3) is 14.4. The third-order valence-electron chi connectivity index (χ3n) is 5.45. The van der Waals surface area contributed by atoms with Gasteiger partial charge in [-0.1, -0.05) is 96.8 Å². The van der Waals surface area contributed by atoms with Crippen LogP contribution in [0.1, 0.15) is 116 Å². The molecule has 1 N–H and O–H groups in total. The van der Waals surface area contributed by atoms with E-state index in [4.69, 9.17) is 14.2 Å². The van der Waals surface area contributed by atoms with Gasteiger partial charge in [-0.15, -0.1) is 0 Å². The Morgan fingerprint density at radius 1 is 0.857 bits per heavy atom. The van der Waals surface area contributed by atoms with Crippen molar-refractivity contribution in [2.24, 2.45) is 0 Å². The van der Waals surface area contributed by atoms with Crippen LogP contribution in [0, 0.1) is 0 Å². The summed E-state index contributed by atoms with van der Waals surface area (Å²) >= 11 is 0. The maximum Gasteiger partial charge on any atom is 0.307 e. The van der Waals surface area contributed by atoms with E-state index in [0.717, 1.165) is 12.8 Å². The first-order valence-electron chi connectivity index (χ1n) is 11.8. The van der Waals surface area contributed by atoms with Crippen molar-refractivity contribution in [3.05, 3.63) is 0 Å². The van der Waals surface area contributed by atoms with Gasteiger partial charge >= 0.3 is 5.97 Å². The van der Waals surface area contributed by atoms with E-state index >= 15 is 0 Å². The molecular weight excluding hydrogens is 356 g/mol. The number of ether oxygens (including phenoxy) is 3. The summed E-state index contributed by atoms with van der Waals surface area (Å²) in [5.74, 6) is -0.234. The quantitative estimate of drug-likeness (QED) is 0.167. The highest BCUT2D eigenvalue weighted by molar-refractivity contribution is 5.69. The van der Waals surface area contributed by atoms with E-state index in [1.807, 2.05) is 0 Å².